The molecule has 0 amide bonds. The molecule has 0 spiro atoms. The second-order valence-electron chi connectivity index (χ2n) is 2.09. The largest absolute Gasteiger partial charge is 0.469 e. The third kappa shape index (κ3) is 2.60. The fourth-order valence-electron chi connectivity index (χ4n) is 0.609. The predicted molar refractivity (Wildman–Crippen MR) is 48.1 cm³/mol. The smallest absolute Gasteiger partial charge is 0.294 e. The van der Waals surface area contributed by atoms with Gasteiger partial charge in [0.15, 0.2) is 0 Å². The Morgan fingerprint density at radius 3 is 3.00 bits per heavy atom. The minimum absolute atomic E-state index is 0.419. The van der Waals surface area contributed by atoms with E-state index >= 15 is 0 Å². The maximum absolute atomic E-state index is 5.35. The molecular weight excluding hydrogens is 174 g/mol. The van der Waals surface area contributed by atoms with E-state index in [-0.39, 0.29) is 0 Å². The summed E-state index contributed by atoms with van der Waals surface area (Å²) in [6.45, 7) is 4.60. The number of hydrogen-bond acceptors (Lipinski definition) is 5. The van der Waals surface area contributed by atoms with Crippen molar-refractivity contribution in [3.05, 3.63) is 17.7 Å². The zero-order valence-electron chi connectivity index (χ0n) is 6.69. The summed E-state index contributed by atoms with van der Waals surface area (Å²) in [4.78, 5) is 0. The first kappa shape index (κ1) is 9.15. The summed E-state index contributed by atoms with van der Waals surface area (Å²) in [5.74, 6) is 0. The Kier molecular flexibility index (Phi) is 3.69. The molecule has 1 rings (SSSR count). The van der Waals surface area contributed by atoms with Crippen molar-refractivity contribution in [1.29, 1.82) is 0 Å². The van der Waals surface area contributed by atoms with Crippen LogP contribution in [-0.4, -0.2) is 16.8 Å². The molecule has 0 unspecified atom stereocenters. The van der Waals surface area contributed by atoms with Crippen LogP contribution in [0.3, 0.4) is 0 Å². The van der Waals surface area contributed by atoms with Crippen molar-refractivity contribution in [3.63, 3.8) is 0 Å². The molecule has 4 nitrogen and oxygen atoms in total. The molecule has 5 heteroatoms. The molecule has 0 atom stereocenters. The van der Waals surface area contributed by atoms with Gasteiger partial charge in [0, 0.05) is 6.54 Å². The van der Waals surface area contributed by atoms with E-state index in [2.05, 4.69) is 16.8 Å². The second-order valence-corrected chi connectivity index (χ2v) is 3.12. The fraction of sp³-hybridized carbons (Fsp3) is 0.429. The number of ether oxygens (including phenoxy) is 1. The lowest BCUT2D eigenvalue weighted by molar-refractivity contribution is 0.320. The first-order valence-corrected chi connectivity index (χ1v) is 4.44. The molecule has 0 bridgehead atoms. The molecular formula is C7H11N3OS. The van der Waals surface area contributed by atoms with Gasteiger partial charge >= 0.3 is 0 Å². The lowest BCUT2D eigenvalue weighted by Gasteiger charge is -1.95. The minimum atomic E-state index is 0.419. The second kappa shape index (κ2) is 4.84. The summed E-state index contributed by atoms with van der Waals surface area (Å²) < 4.78 is 5.25. The third-order valence-electron chi connectivity index (χ3n) is 1.17. The number of nitrogens with two attached hydrogens (primary N) is 1. The third-order valence-corrected chi connectivity index (χ3v) is 2.03. The van der Waals surface area contributed by atoms with Crippen molar-refractivity contribution in [3.8, 4) is 5.19 Å². The Bertz CT molecular complexity index is 249. The predicted octanol–water partition coefficient (Wildman–Crippen LogP) is 0.952. The highest BCUT2D eigenvalue weighted by Crippen LogP contribution is 2.16. The molecule has 0 saturated carbocycles. The Labute approximate surface area is 75.1 Å². The first-order valence-electron chi connectivity index (χ1n) is 3.63. The van der Waals surface area contributed by atoms with E-state index < -0.39 is 0 Å². The molecule has 1 aromatic rings. The van der Waals surface area contributed by atoms with Crippen LogP contribution in [0.5, 0.6) is 5.19 Å². The SMILES string of the molecule is C=CCCOc1nnc(CN)s1. The molecule has 12 heavy (non-hydrogen) atoms. The van der Waals surface area contributed by atoms with Crippen LogP contribution >= 0.6 is 11.3 Å². The number of aromatic nitrogens is 2. The van der Waals surface area contributed by atoms with Crippen LogP contribution in [-0.2, 0) is 6.54 Å². The van der Waals surface area contributed by atoms with Crippen molar-refractivity contribution >= 4 is 11.3 Å². The highest BCUT2D eigenvalue weighted by atomic mass is 32.1. The van der Waals surface area contributed by atoms with E-state index in [1.807, 2.05) is 0 Å². The van der Waals surface area contributed by atoms with E-state index in [1.165, 1.54) is 11.3 Å². The molecule has 0 saturated heterocycles. The Hall–Kier alpha value is -0.940. The average molecular weight is 185 g/mol. The topological polar surface area (TPSA) is 61.0 Å². The van der Waals surface area contributed by atoms with Crippen LogP contribution in [0.1, 0.15) is 11.4 Å². The van der Waals surface area contributed by atoms with Crippen LogP contribution in [0.25, 0.3) is 0 Å². The van der Waals surface area contributed by atoms with Crippen molar-refractivity contribution in [2.24, 2.45) is 5.73 Å². The zero-order valence-corrected chi connectivity index (χ0v) is 7.51. The molecule has 1 aromatic heterocycles. The highest BCUT2D eigenvalue weighted by Gasteiger charge is 2.01. The monoisotopic (exact) mass is 185 g/mol. The van der Waals surface area contributed by atoms with Crippen LogP contribution in [0.15, 0.2) is 12.7 Å². The highest BCUT2D eigenvalue weighted by molar-refractivity contribution is 7.13. The van der Waals surface area contributed by atoms with Crippen molar-refractivity contribution in [1.82, 2.24) is 10.2 Å². The van der Waals surface area contributed by atoms with E-state index in [4.69, 9.17) is 10.5 Å². The van der Waals surface area contributed by atoms with E-state index in [9.17, 15) is 0 Å². The van der Waals surface area contributed by atoms with E-state index in [0.29, 0.717) is 18.3 Å². The van der Waals surface area contributed by atoms with Gasteiger partial charge in [-0.05, 0) is 6.42 Å². The fourth-order valence-corrected chi connectivity index (χ4v) is 1.20. The van der Waals surface area contributed by atoms with Gasteiger partial charge in [0.25, 0.3) is 5.19 Å². The van der Waals surface area contributed by atoms with Gasteiger partial charge in [0.1, 0.15) is 5.01 Å². The van der Waals surface area contributed by atoms with E-state index in [1.54, 1.807) is 6.08 Å². The summed E-state index contributed by atoms with van der Waals surface area (Å²) in [5.41, 5.74) is 5.35. The van der Waals surface area contributed by atoms with E-state index in [0.717, 1.165) is 11.4 Å². The summed E-state index contributed by atoms with van der Waals surface area (Å²) in [5, 5.41) is 8.97. The quantitative estimate of drug-likeness (QED) is 0.548. The number of nitrogens with zero attached hydrogens (tertiary/aromatic N) is 2. The summed E-state index contributed by atoms with van der Waals surface area (Å²) in [7, 11) is 0. The normalized spacial score (nSPS) is 9.75. The average Bonchev–Trinajstić information content (AvgIpc) is 2.53. The Balaban J connectivity index is 2.36. The van der Waals surface area contributed by atoms with Gasteiger partial charge in [-0.25, -0.2) is 0 Å². The molecule has 0 radical (unpaired) electrons. The van der Waals surface area contributed by atoms with Gasteiger partial charge in [0.2, 0.25) is 0 Å². The molecule has 0 fully saturated rings. The summed E-state index contributed by atoms with van der Waals surface area (Å²) in [6, 6.07) is 0. The summed E-state index contributed by atoms with van der Waals surface area (Å²) in [6.07, 6.45) is 2.61. The maximum Gasteiger partial charge on any atom is 0.294 e. The van der Waals surface area contributed by atoms with Gasteiger partial charge in [-0.3, -0.25) is 0 Å². The molecule has 0 aliphatic carbocycles. The van der Waals surface area contributed by atoms with Gasteiger partial charge in [-0.1, -0.05) is 17.4 Å². The van der Waals surface area contributed by atoms with Crippen LogP contribution < -0.4 is 10.5 Å². The van der Waals surface area contributed by atoms with Gasteiger partial charge < -0.3 is 10.5 Å². The maximum atomic E-state index is 5.35. The Morgan fingerprint density at radius 1 is 1.58 bits per heavy atom. The van der Waals surface area contributed by atoms with Crippen LogP contribution in [0, 0.1) is 0 Å². The molecule has 0 aliphatic rings. The molecule has 2 N–H and O–H groups in total. The number of hydrogen-bond donors (Lipinski definition) is 1. The summed E-state index contributed by atoms with van der Waals surface area (Å²) >= 11 is 1.38. The standard InChI is InChI=1S/C7H11N3OS/c1-2-3-4-11-7-10-9-6(5-8)12-7/h2H,1,3-5,8H2. The van der Waals surface area contributed by atoms with Crippen molar-refractivity contribution in [2.75, 3.05) is 6.61 Å². The lowest BCUT2D eigenvalue weighted by atomic mass is 10.5. The molecule has 0 aliphatic heterocycles. The lowest BCUT2D eigenvalue weighted by Crippen LogP contribution is -1.94. The molecule has 1 heterocycles. The molecule has 0 aromatic carbocycles. The number of rotatable bonds is 5. The zero-order chi connectivity index (χ0) is 8.81. The first-order chi connectivity index (χ1) is 5.86. The van der Waals surface area contributed by atoms with Gasteiger partial charge in [-0.2, -0.15) is 0 Å². The minimum Gasteiger partial charge on any atom is -0.469 e. The van der Waals surface area contributed by atoms with Crippen LogP contribution in [0.4, 0.5) is 0 Å². The Morgan fingerprint density at radius 2 is 2.42 bits per heavy atom. The molecule has 66 valence electrons. The van der Waals surface area contributed by atoms with Gasteiger partial charge in [0.05, 0.1) is 6.61 Å². The van der Waals surface area contributed by atoms with Gasteiger partial charge in [-0.15, -0.1) is 16.8 Å². The van der Waals surface area contributed by atoms with Crippen molar-refractivity contribution < 1.29 is 4.74 Å². The van der Waals surface area contributed by atoms with Crippen LogP contribution in [0.2, 0.25) is 0 Å². The van der Waals surface area contributed by atoms with Crippen molar-refractivity contribution in [2.45, 2.75) is 13.0 Å².